The van der Waals surface area contributed by atoms with Gasteiger partial charge in [0.05, 0.1) is 18.6 Å². The first kappa shape index (κ1) is 15.0. The topological polar surface area (TPSA) is 58.6 Å². The van der Waals surface area contributed by atoms with Gasteiger partial charge in [0.1, 0.15) is 0 Å². The number of likely N-dealkylation sites (tertiary alicyclic amines) is 1. The van der Waals surface area contributed by atoms with E-state index < -0.39 is 5.41 Å². The van der Waals surface area contributed by atoms with Crippen molar-refractivity contribution in [3.05, 3.63) is 0 Å². The third kappa shape index (κ3) is 3.45. The van der Waals surface area contributed by atoms with Crippen molar-refractivity contribution in [1.82, 2.24) is 10.2 Å². The number of amides is 1. The summed E-state index contributed by atoms with van der Waals surface area (Å²) in [5, 5.41) is 3.24. The van der Waals surface area contributed by atoms with E-state index in [1.54, 1.807) is 18.7 Å². The van der Waals surface area contributed by atoms with Gasteiger partial charge in [0, 0.05) is 19.1 Å². The zero-order valence-electron chi connectivity index (χ0n) is 11.9. The summed E-state index contributed by atoms with van der Waals surface area (Å²) in [6, 6.07) is 0.172. The summed E-state index contributed by atoms with van der Waals surface area (Å²) in [6.45, 7) is 8.76. The number of esters is 1. The van der Waals surface area contributed by atoms with Crippen LogP contribution in [0.5, 0.6) is 0 Å². The van der Waals surface area contributed by atoms with E-state index in [1.165, 1.54) is 7.11 Å². The largest absolute Gasteiger partial charge is 0.469 e. The first-order valence-electron chi connectivity index (χ1n) is 6.41. The molecule has 1 N–H and O–H groups in total. The zero-order chi connectivity index (χ0) is 13.9. The fraction of sp³-hybridized carbons (Fsp3) is 0.846. The first-order chi connectivity index (χ1) is 8.27. The minimum absolute atomic E-state index is 0.0840. The molecule has 1 aliphatic heterocycles. The predicted octanol–water partition coefficient (Wildman–Crippen LogP) is 0.784. The number of rotatable bonds is 5. The van der Waals surface area contributed by atoms with Crippen molar-refractivity contribution in [1.29, 1.82) is 0 Å². The van der Waals surface area contributed by atoms with E-state index in [4.69, 9.17) is 4.74 Å². The molecule has 0 aromatic heterocycles. The van der Waals surface area contributed by atoms with Crippen molar-refractivity contribution in [2.75, 3.05) is 20.2 Å². The van der Waals surface area contributed by atoms with E-state index in [1.807, 2.05) is 13.8 Å². The quantitative estimate of drug-likeness (QED) is 0.739. The Labute approximate surface area is 109 Å². The van der Waals surface area contributed by atoms with Gasteiger partial charge in [-0.25, -0.2) is 0 Å². The van der Waals surface area contributed by atoms with E-state index in [0.29, 0.717) is 13.1 Å². The highest BCUT2D eigenvalue weighted by atomic mass is 16.5. The smallest absolute Gasteiger partial charge is 0.313 e. The van der Waals surface area contributed by atoms with Crippen LogP contribution >= 0.6 is 0 Å². The lowest BCUT2D eigenvalue weighted by Gasteiger charge is -2.28. The normalized spacial score (nSPS) is 20.7. The standard InChI is InChI=1S/C13H24N2O3/c1-9(2)14-10-6-7-15(11(10)16)8-13(3,4)12(17)18-5/h9-10,14H,6-8H2,1-5H3. The Hall–Kier alpha value is -1.10. The van der Waals surface area contributed by atoms with Gasteiger partial charge in [-0.15, -0.1) is 0 Å². The molecule has 1 saturated heterocycles. The van der Waals surface area contributed by atoms with Crippen LogP contribution in [0.1, 0.15) is 34.1 Å². The average Bonchev–Trinajstić information content (AvgIpc) is 2.59. The molecule has 1 amide bonds. The number of carbonyl (C=O) groups excluding carboxylic acids is 2. The first-order valence-corrected chi connectivity index (χ1v) is 6.41. The van der Waals surface area contributed by atoms with Gasteiger partial charge in [-0.3, -0.25) is 9.59 Å². The molecule has 0 aliphatic carbocycles. The van der Waals surface area contributed by atoms with E-state index in [9.17, 15) is 9.59 Å². The molecule has 0 saturated carbocycles. The second kappa shape index (κ2) is 5.69. The molecule has 104 valence electrons. The molecule has 1 unspecified atom stereocenters. The van der Waals surface area contributed by atoms with Gasteiger partial charge in [-0.05, 0) is 20.3 Å². The minimum atomic E-state index is -0.656. The summed E-state index contributed by atoms with van der Waals surface area (Å²) >= 11 is 0. The van der Waals surface area contributed by atoms with Crippen LogP contribution in [-0.2, 0) is 14.3 Å². The molecule has 1 rings (SSSR count). The van der Waals surface area contributed by atoms with Crippen LogP contribution in [0, 0.1) is 5.41 Å². The maximum atomic E-state index is 12.1. The molecule has 1 fully saturated rings. The van der Waals surface area contributed by atoms with Gasteiger partial charge >= 0.3 is 5.97 Å². The third-order valence-electron chi connectivity index (χ3n) is 3.16. The fourth-order valence-corrected chi connectivity index (χ4v) is 2.27. The van der Waals surface area contributed by atoms with Crippen molar-refractivity contribution >= 4 is 11.9 Å². The molecular weight excluding hydrogens is 232 g/mol. The van der Waals surface area contributed by atoms with Crippen LogP contribution in [0.25, 0.3) is 0 Å². The third-order valence-corrected chi connectivity index (χ3v) is 3.16. The van der Waals surface area contributed by atoms with E-state index in [2.05, 4.69) is 5.32 Å². The van der Waals surface area contributed by atoms with Crippen molar-refractivity contribution in [2.45, 2.75) is 46.2 Å². The maximum absolute atomic E-state index is 12.1. The number of hydrogen-bond acceptors (Lipinski definition) is 4. The molecule has 0 bridgehead atoms. The minimum Gasteiger partial charge on any atom is -0.469 e. The van der Waals surface area contributed by atoms with Gasteiger partial charge < -0.3 is 15.0 Å². The average molecular weight is 256 g/mol. The number of carbonyl (C=O) groups is 2. The van der Waals surface area contributed by atoms with Crippen LogP contribution in [0.3, 0.4) is 0 Å². The second-order valence-corrected chi connectivity index (χ2v) is 5.80. The number of nitrogens with zero attached hydrogens (tertiary/aromatic N) is 1. The summed E-state index contributed by atoms with van der Waals surface area (Å²) < 4.78 is 4.76. The highest BCUT2D eigenvalue weighted by Crippen LogP contribution is 2.22. The lowest BCUT2D eigenvalue weighted by Crippen LogP contribution is -2.45. The Kier molecular flexibility index (Phi) is 4.73. The fourth-order valence-electron chi connectivity index (χ4n) is 2.27. The summed E-state index contributed by atoms with van der Waals surface area (Å²) in [5.41, 5.74) is -0.656. The molecule has 1 atom stereocenters. The van der Waals surface area contributed by atoms with E-state index in [0.717, 1.165) is 6.42 Å². The van der Waals surface area contributed by atoms with Gasteiger partial charge in [0.25, 0.3) is 0 Å². The number of ether oxygens (including phenoxy) is 1. The molecule has 1 aliphatic rings. The van der Waals surface area contributed by atoms with Crippen LogP contribution < -0.4 is 5.32 Å². The molecular formula is C13H24N2O3. The number of hydrogen-bond donors (Lipinski definition) is 1. The molecule has 0 aromatic rings. The van der Waals surface area contributed by atoms with Crippen molar-refractivity contribution in [2.24, 2.45) is 5.41 Å². The highest BCUT2D eigenvalue weighted by Gasteiger charge is 2.38. The van der Waals surface area contributed by atoms with Gasteiger partial charge in [-0.1, -0.05) is 13.8 Å². The van der Waals surface area contributed by atoms with Crippen LogP contribution in [-0.4, -0.2) is 49.1 Å². The molecule has 0 aromatic carbocycles. The Morgan fingerprint density at radius 2 is 2.17 bits per heavy atom. The Bertz CT molecular complexity index is 326. The van der Waals surface area contributed by atoms with E-state index >= 15 is 0 Å². The number of methoxy groups -OCH3 is 1. The van der Waals surface area contributed by atoms with Gasteiger partial charge in [0.2, 0.25) is 5.91 Å². The Morgan fingerprint density at radius 1 is 1.56 bits per heavy atom. The van der Waals surface area contributed by atoms with E-state index in [-0.39, 0.29) is 24.0 Å². The van der Waals surface area contributed by atoms with Gasteiger partial charge in [0.15, 0.2) is 0 Å². The zero-order valence-corrected chi connectivity index (χ0v) is 11.9. The maximum Gasteiger partial charge on any atom is 0.313 e. The highest BCUT2D eigenvalue weighted by molar-refractivity contribution is 5.85. The summed E-state index contributed by atoms with van der Waals surface area (Å²) in [4.78, 5) is 25.5. The Morgan fingerprint density at radius 3 is 2.67 bits per heavy atom. The molecule has 18 heavy (non-hydrogen) atoms. The molecule has 5 heteroatoms. The van der Waals surface area contributed by atoms with Crippen LogP contribution in [0.4, 0.5) is 0 Å². The lowest BCUT2D eigenvalue weighted by molar-refractivity contribution is -0.152. The van der Waals surface area contributed by atoms with Crippen LogP contribution in [0.15, 0.2) is 0 Å². The Balaban J connectivity index is 2.60. The predicted molar refractivity (Wildman–Crippen MR) is 69.1 cm³/mol. The van der Waals surface area contributed by atoms with Crippen molar-refractivity contribution in [3.63, 3.8) is 0 Å². The molecule has 0 spiro atoms. The SMILES string of the molecule is COC(=O)C(C)(C)CN1CCC(NC(C)C)C1=O. The van der Waals surface area contributed by atoms with Crippen molar-refractivity contribution in [3.8, 4) is 0 Å². The van der Waals surface area contributed by atoms with Gasteiger partial charge in [-0.2, -0.15) is 0 Å². The van der Waals surface area contributed by atoms with Crippen LogP contribution in [0.2, 0.25) is 0 Å². The molecule has 0 radical (unpaired) electrons. The summed E-state index contributed by atoms with van der Waals surface area (Å²) in [5.74, 6) is -0.198. The molecule has 5 nitrogen and oxygen atoms in total. The monoisotopic (exact) mass is 256 g/mol. The second-order valence-electron chi connectivity index (χ2n) is 5.80. The summed E-state index contributed by atoms with van der Waals surface area (Å²) in [6.07, 6.45) is 0.800. The molecule has 1 heterocycles. The lowest BCUT2D eigenvalue weighted by atomic mass is 9.93. The number of nitrogens with one attached hydrogen (secondary N) is 1. The van der Waals surface area contributed by atoms with Crippen molar-refractivity contribution < 1.29 is 14.3 Å². The summed E-state index contributed by atoms with van der Waals surface area (Å²) in [7, 11) is 1.37.